The molecule has 0 saturated carbocycles. The topological polar surface area (TPSA) is 204 Å². The molecule has 2 fully saturated rings. The van der Waals surface area contributed by atoms with Crippen molar-refractivity contribution in [3.63, 3.8) is 0 Å². The Morgan fingerprint density at radius 1 is 0.907 bits per heavy atom. The maximum absolute atomic E-state index is 13.1. The number of piperidine rings is 1. The molecular weight excluding hydrogens is 572 g/mol. The Balaban J connectivity index is 1.22. The van der Waals surface area contributed by atoms with Crippen LogP contribution in [0.15, 0.2) is 53.6 Å². The lowest BCUT2D eigenvalue weighted by Crippen LogP contribution is -2.53. The van der Waals surface area contributed by atoms with Gasteiger partial charge < -0.3 is 31.5 Å². The zero-order valence-electron chi connectivity index (χ0n) is 23.6. The minimum absolute atomic E-state index is 0.0363. The molecule has 226 valence electrons. The highest BCUT2D eigenvalue weighted by Crippen LogP contribution is 2.25. The zero-order valence-corrected chi connectivity index (χ0v) is 24.5. The Bertz CT molecular complexity index is 1710. The fourth-order valence-electron chi connectivity index (χ4n) is 5.32. The Morgan fingerprint density at radius 2 is 1.56 bits per heavy atom. The molecule has 2 aromatic heterocycles. The van der Waals surface area contributed by atoms with E-state index >= 15 is 0 Å². The van der Waals surface area contributed by atoms with Crippen LogP contribution in [0.1, 0.15) is 13.3 Å². The molecule has 6 rings (SSSR count). The summed E-state index contributed by atoms with van der Waals surface area (Å²) >= 11 is 0. The summed E-state index contributed by atoms with van der Waals surface area (Å²) in [6.45, 7) is 4.97. The van der Waals surface area contributed by atoms with E-state index in [1.165, 1.54) is 12.1 Å². The third-order valence-corrected chi connectivity index (χ3v) is 8.93. The van der Waals surface area contributed by atoms with Crippen molar-refractivity contribution in [3.05, 3.63) is 48.7 Å². The average molecular weight is 607 g/mol. The lowest BCUT2D eigenvalue weighted by Gasteiger charge is -2.36. The van der Waals surface area contributed by atoms with E-state index in [-0.39, 0.29) is 22.9 Å². The van der Waals surface area contributed by atoms with Crippen LogP contribution >= 0.6 is 0 Å². The van der Waals surface area contributed by atoms with Gasteiger partial charge in [-0.3, -0.25) is 14.6 Å². The summed E-state index contributed by atoms with van der Waals surface area (Å²) in [4.78, 5) is 31.7. The molecule has 16 heteroatoms. The Morgan fingerprint density at radius 3 is 2.23 bits per heavy atom. The number of H-pyrrole nitrogens is 1. The first-order valence-corrected chi connectivity index (χ1v) is 15.5. The van der Waals surface area contributed by atoms with Crippen LogP contribution in [0.3, 0.4) is 0 Å². The highest BCUT2D eigenvalue weighted by Gasteiger charge is 2.27. The van der Waals surface area contributed by atoms with Gasteiger partial charge in [0.25, 0.3) is 10.0 Å². The number of sulfonamides is 1. The van der Waals surface area contributed by atoms with Crippen LogP contribution in [0.25, 0.3) is 10.9 Å². The van der Waals surface area contributed by atoms with Crippen molar-refractivity contribution in [3.8, 4) is 0 Å². The number of aromatic amines is 1. The molecule has 2 saturated heterocycles. The summed E-state index contributed by atoms with van der Waals surface area (Å²) in [6, 6.07) is 11.3. The predicted octanol–water partition coefficient (Wildman–Crippen LogP) is 0.826. The number of carbonyl (C=O) groups is 1. The van der Waals surface area contributed by atoms with Crippen LogP contribution in [-0.2, 0) is 14.8 Å². The van der Waals surface area contributed by atoms with Gasteiger partial charge in [0.2, 0.25) is 23.8 Å². The zero-order chi connectivity index (χ0) is 30.1. The van der Waals surface area contributed by atoms with Crippen molar-refractivity contribution in [2.24, 2.45) is 11.5 Å². The van der Waals surface area contributed by atoms with Crippen molar-refractivity contribution in [2.45, 2.75) is 30.3 Å². The first-order chi connectivity index (χ1) is 20.6. The molecule has 0 unspecified atom stereocenters. The van der Waals surface area contributed by atoms with Crippen molar-refractivity contribution >= 4 is 56.1 Å². The molecule has 0 bridgehead atoms. The maximum Gasteiger partial charge on any atom is 0.261 e. The second-order valence-corrected chi connectivity index (χ2v) is 12.5. The van der Waals surface area contributed by atoms with Gasteiger partial charge in [0.1, 0.15) is 0 Å². The van der Waals surface area contributed by atoms with Gasteiger partial charge in [-0.05, 0) is 48.9 Å². The Hall–Kier alpha value is -4.54. The number of amides is 1. The highest BCUT2D eigenvalue weighted by molar-refractivity contribution is 7.92. The van der Waals surface area contributed by atoms with E-state index in [2.05, 4.69) is 30.2 Å². The second-order valence-electron chi connectivity index (χ2n) is 10.8. The SMILES string of the molecule is CC(=O)N1CCN(c2nc(Nc3ccc(S(=O)(=O)Nc4ccc5cn[nH]c5c4)cc3)nc(N3C[C@H](N)C[C@H](N)C3)n2)CC1. The smallest absolute Gasteiger partial charge is 0.261 e. The van der Waals surface area contributed by atoms with E-state index in [0.717, 1.165) is 10.9 Å². The van der Waals surface area contributed by atoms with Crippen molar-refractivity contribution in [1.29, 1.82) is 0 Å². The normalized spacial score (nSPS) is 19.5. The lowest BCUT2D eigenvalue weighted by molar-refractivity contribution is -0.129. The molecule has 0 radical (unpaired) electrons. The minimum Gasteiger partial charge on any atom is -0.339 e. The lowest BCUT2D eigenvalue weighted by atomic mass is 10.0. The highest BCUT2D eigenvalue weighted by atomic mass is 32.2. The number of benzene rings is 2. The van der Waals surface area contributed by atoms with E-state index in [1.54, 1.807) is 48.4 Å². The number of nitrogens with two attached hydrogens (primary N) is 2. The molecule has 2 aromatic carbocycles. The summed E-state index contributed by atoms with van der Waals surface area (Å²) in [6.07, 6.45) is 2.39. The molecule has 0 aliphatic carbocycles. The van der Waals surface area contributed by atoms with E-state index in [4.69, 9.17) is 16.5 Å². The summed E-state index contributed by atoms with van der Waals surface area (Å²) in [5, 5.41) is 10.9. The van der Waals surface area contributed by atoms with E-state index in [0.29, 0.717) is 74.9 Å². The monoisotopic (exact) mass is 606 g/mol. The second kappa shape index (κ2) is 11.6. The molecule has 1 amide bonds. The van der Waals surface area contributed by atoms with Gasteiger partial charge in [-0.25, -0.2) is 8.42 Å². The number of aromatic nitrogens is 5. The quantitative estimate of drug-likeness (QED) is 0.198. The minimum atomic E-state index is -3.84. The van der Waals surface area contributed by atoms with Gasteiger partial charge >= 0.3 is 0 Å². The van der Waals surface area contributed by atoms with Gasteiger partial charge in [-0.15, -0.1) is 0 Å². The van der Waals surface area contributed by atoms with Crippen LogP contribution in [0.4, 0.5) is 29.2 Å². The standard InChI is InChI=1S/C27H34N12O3S/c1-17(40)37-8-10-38(11-9-37)26-32-25(33-27(34-26)39-15-19(28)12-20(29)16-39)31-21-4-6-23(7-5-21)43(41,42)36-22-3-2-18-14-30-35-24(18)13-22/h2-7,13-14,19-20,36H,8-12,15-16,28-29H2,1H3,(H,30,35)(H,31,32,33,34)/t19-,20+. The third-order valence-electron chi connectivity index (χ3n) is 7.53. The number of piperazine rings is 1. The van der Waals surface area contributed by atoms with Crippen LogP contribution in [-0.4, -0.2) is 95.7 Å². The van der Waals surface area contributed by atoms with Gasteiger partial charge in [-0.2, -0.15) is 20.1 Å². The summed E-state index contributed by atoms with van der Waals surface area (Å²) in [7, 11) is -3.84. The molecule has 0 spiro atoms. The number of nitrogens with one attached hydrogen (secondary N) is 3. The number of hydrogen-bond donors (Lipinski definition) is 5. The summed E-state index contributed by atoms with van der Waals surface area (Å²) < 4.78 is 28.7. The van der Waals surface area contributed by atoms with E-state index in [1.807, 2.05) is 9.80 Å². The first kappa shape index (κ1) is 28.6. The molecule has 2 aliphatic rings. The number of hydrogen-bond acceptors (Lipinski definition) is 12. The predicted molar refractivity (Wildman–Crippen MR) is 164 cm³/mol. The van der Waals surface area contributed by atoms with Crippen LogP contribution in [0.5, 0.6) is 0 Å². The van der Waals surface area contributed by atoms with Gasteiger partial charge in [0.15, 0.2) is 0 Å². The summed E-state index contributed by atoms with van der Waals surface area (Å²) in [5.41, 5.74) is 14.2. The largest absolute Gasteiger partial charge is 0.339 e. The van der Waals surface area contributed by atoms with Crippen molar-refractivity contribution in [2.75, 3.05) is 59.1 Å². The molecule has 4 heterocycles. The molecule has 15 nitrogen and oxygen atoms in total. The number of rotatable bonds is 7. The van der Waals surface area contributed by atoms with Gasteiger partial charge in [0, 0.05) is 69.3 Å². The Kier molecular flexibility index (Phi) is 7.72. The van der Waals surface area contributed by atoms with Crippen molar-refractivity contribution in [1.82, 2.24) is 30.0 Å². The fraction of sp³-hybridized carbons (Fsp3) is 0.370. The van der Waals surface area contributed by atoms with Gasteiger partial charge in [0.05, 0.1) is 22.3 Å². The molecule has 2 atom stereocenters. The molecule has 7 N–H and O–H groups in total. The molecular formula is C27H34N12O3S. The van der Waals surface area contributed by atoms with Crippen LogP contribution < -0.4 is 31.3 Å². The third kappa shape index (κ3) is 6.45. The summed E-state index contributed by atoms with van der Waals surface area (Å²) in [5.74, 6) is 1.25. The fourth-order valence-corrected chi connectivity index (χ4v) is 6.37. The molecule has 4 aromatic rings. The number of fused-ring (bicyclic) bond motifs is 1. The van der Waals surface area contributed by atoms with E-state index in [9.17, 15) is 13.2 Å². The van der Waals surface area contributed by atoms with Crippen molar-refractivity contribution < 1.29 is 13.2 Å². The Labute approximate surface area is 248 Å². The number of nitrogens with zero attached hydrogens (tertiary/aromatic N) is 7. The average Bonchev–Trinajstić information content (AvgIpc) is 3.45. The van der Waals surface area contributed by atoms with E-state index < -0.39 is 10.0 Å². The number of carbonyl (C=O) groups excluding carboxylic acids is 1. The van der Waals surface area contributed by atoms with Gasteiger partial charge in [-0.1, -0.05) is 0 Å². The van der Waals surface area contributed by atoms with Crippen LogP contribution in [0, 0.1) is 0 Å². The molecule has 2 aliphatic heterocycles. The first-order valence-electron chi connectivity index (χ1n) is 14.0. The number of anilines is 5. The maximum atomic E-state index is 13.1. The molecule has 43 heavy (non-hydrogen) atoms. The van der Waals surface area contributed by atoms with Crippen LogP contribution in [0.2, 0.25) is 0 Å².